The van der Waals surface area contributed by atoms with E-state index in [1.165, 1.54) is 0 Å². The minimum Gasteiger partial charge on any atom is -0.377 e. The van der Waals surface area contributed by atoms with Gasteiger partial charge in [-0.25, -0.2) is 0 Å². The van der Waals surface area contributed by atoms with E-state index in [-0.39, 0.29) is 12.1 Å². The molecule has 0 aliphatic rings. The topological polar surface area (TPSA) is 53.1 Å². The van der Waals surface area contributed by atoms with Crippen LogP contribution in [0.4, 0.5) is 0 Å². The molecule has 0 saturated carbocycles. The SMILES string of the molecule is CCn1ncc(Br)c1C(N)COC(C)C. The maximum Gasteiger partial charge on any atom is 0.0716 e. The van der Waals surface area contributed by atoms with Gasteiger partial charge in [0.05, 0.1) is 35.1 Å². The van der Waals surface area contributed by atoms with Gasteiger partial charge in [-0.2, -0.15) is 5.10 Å². The van der Waals surface area contributed by atoms with Gasteiger partial charge in [-0.15, -0.1) is 0 Å². The summed E-state index contributed by atoms with van der Waals surface area (Å²) >= 11 is 3.45. The van der Waals surface area contributed by atoms with E-state index in [2.05, 4.69) is 21.0 Å². The first-order valence-electron chi connectivity index (χ1n) is 5.14. The molecule has 1 aromatic heterocycles. The van der Waals surface area contributed by atoms with Crippen molar-refractivity contribution in [3.8, 4) is 0 Å². The number of nitrogens with two attached hydrogens (primary N) is 1. The molecule has 0 spiro atoms. The first-order valence-corrected chi connectivity index (χ1v) is 5.94. The van der Waals surface area contributed by atoms with Crippen LogP contribution in [0.2, 0.25) is 0 Å². The zero-order chi connectivity index (χ0) is 11.4. The van der Waals surface area contributed by atoms with Crippen LogP contribution in [0.3, 0.4) is 0 Å². The summed E-state index contributed by atoms with van der Waals surface area (Å²) in [4.78, 5) is 0. The molecule has 1 aromatic rings. The molecule has 0 saturated heterocycles. The summed E-state index contributed by atoms with van der Waals surface area (Å²) < 4.78 is 8.33. The molecule has 0 aliphatic carbocycles. The van der Waals surface area contributed by atoms with E-state index in [0.717, 1.165) is 16.7 Å². The predicted octanol–water partition coefficient (Wildman–Crippen LogP) is 2.09. The van der Waals surface area contributed by atoms with Gasteiger partial charge in [-0.1, -0.05) is 0 Å². The van der Waals surface area contributed by atoms with Gasteiger partial charge in [0, 0.05) is 6.54 Å². The van der Waals surface area contributed by atoms with Crippen molar-refractivity contribution < 1.29 is 4.74 Å². The molecule has 0 fully saturated rings. The lowest BCUT2D eigenvalue weighted by Crippen LogP contribution is -2.23. The van der Waals surface area contributed by atoms with Gasteiger partial charge in [-0.05, 0) is 36.7 Å². The Kier molecular flexibility index (Phi) is 4.76. The number of halogens is 1. The zero-order valence-electron chi connectivity index (χ0n) is 9.40. The second-order valence-corrected chi connectivity index (χ2v) is 4.54. The quantitative estimate of drug-likeness (QED) is 0.896. The van der Waals surface area contributed by atoms with E-state index in [1.54, 1.807) is 6.20 Å². The van der Waals surface area contributed by atoms with Crippen LogP contribution in [0, 0.1) is 0 Å². The Balaban J connectivity index is 2.71. The Morgan fingerprint density at radius 3 is 2.80 bits per heavy atom. The minimum atomic E-state index is -0.135. The van der Waals surface area contributed by atoms with Crippen LogP contribution < -0.4 is 5.73 Å². The third kappa shape index (κ3) is 3.29. The van der Waals surface area contributed by atoms with Gasteiger partial charge < -0.3 is 10.5 Å². The van der Waals surface area contributed by atoms with Crippen molar-refractivity contribution in [3.05, 3.63) is 16.4 Å². The Morgan fingerprint density at radius 1 is 1.60 bits per heavy atom. The summed E-state index contributed by atoms with van der Waals surface area (Å²) in [7, 11) is 0. The first kappa shape index (κ1) is 12.7. The second kappa shape index (κ2) is 5.63. The number of aromatic nitrogens is 2. The third-order valence-corrected chi connectivity index (χ3v) is 2.70. The van der Waals surface area contributed by atoms with E-state index < -0.39 is 0 Å². The van der Waals surface area contributed by atoms with Crippen molar-refractivity contribution in [2.24, 2.45) is 5.73 Å². The van der Waals surface area contributed by atoms with Gasteiger partial charge >= 0.3 is 0 Å². The fraction of sp³-hybridized carbons (Fsp3) is 0.700. The fourth-order valence-electron chi connectivity index (χ4n) is 1.37. The number of hydrogen-bond donors (Lipinski definition) is 1. The molecule has 1 unspecified atom stereocenters. The number of ether oxygens (including phenoxy) is 1. The molecule has 86 valence electrons. The molecule has 0 bridgehead atoms. The van der Waals surface area contributed by atoms with Crippen LogP contribution in [0.15, 0.2) is 10.7 Å². The normalized spacial score (nSPS) is 13.5. The Bertz CT molecular complexity index is 312. The molecule has 0 amide bonds. The van der Waals surface area contributed by atoms with Crippen molar-refractivity contribution in [3.63, 3.8) is 0 Å². The number of rotatable bonds is 5. The van der Waals surface area contributed by atoms with Crippen LogP contribution in [0.25, 0.3) is 0 Å². The molecule has 0 aromatic carbocycles. The predicted molar refractivity (Wildman–Crippen MR) is 63.6 cm³/mol. The smallest absolute Gasteiger partial charge is 0.0716 e. The highest BCUT2D eigenvalue weighted by molar-refractivity contribution is 9.10. The molecular weight excluding hydrogens is 258 g/mol. The van der Waals surface area contributed by atoms with Crippen LogP contribution in [0.5, 0.6) is 0 Å². The fourth-order valence-corrected chi connectivity index (χ4v) is 1.96. The molecule has 1 rings (SSSR count). The highest BCUT2D eigenvalue weighted by atomic mass is 79.9. The van der Waals surface area contributed by atoms with Crippen molar-refractivity contribution in [2.75, 3.05) is 6.61 Å². The highest BCUT2D eigenvalue weighted by Crippen LogP contribution is 2.22. The Labute approximate surface area is 98.9 Å². The Hall–Kier alpha value is -0.390. The number of nitrogens with zero attached hydrogens (tertiary/aromatic N) is 2. The lowest BCUT2D eigenvalue weighted by atomic mass is 10.2. The van der Waals surface area contributed by atoms with E-state index in [1.807, 2.05) is 25.5 Å². The summed E-state index contributed by atoms with van der Waals surface area (Å²) in [5, 5.41) is 4.22. The van der Waals surface area contributed by atoms with Crippen molar-refractivity contribution in [1.29, 1.82) is 0 Å². The molecule has 2 N–H and O–H groups in total. The van der Waals surface area contributed by atoms with Crippen LogP contribution in [0.1, 0.15) is 32.5 Å². The van der Waals surface area contributed by atoms with Crippen molar-refractivity contribution in [2.45, 2.75) is 39.5 Å². The maximum atomic E-state index is 6.05. The first-order chi connectivity index (χ1) is 7.06. The van der Waals surface area contributed by atoms with Crippen LogP contribution in [-0.2, 0) is 11.3 Å². The van der Waals surface area contributed by atoms with Gasteiger partial charge in [0.15, 0.2) is 0 Å². The number of hydrogen-bond acceptors (Lipinski definition) is 3. The largest absolute Gasteiger partial charge is 0.377 e. The van der Waals surface area contributed by atoms with Gasteiger partial charge in [-0.3, -0.25) is 4.68 Å². The van der Waals surface area contributed by atoms with E-state index in [0.29, 0.717) is 6.61 Å². The lowest BCUT2D eigenvalue weighted by molar-refractivity contribution is 0.0667. The van der Waals surface area contributed by atoms with E-state index in [9.17, 15) is 0 Å². The summed E-state index contributed by atoms with van der Waals surface area (Å²) in [5.41, 5.74) is 7.05. The summed E-state index contributed by atoms with van der Waals surface area (Å²) in [5.74, 6) is 0. The van der Waals surface area contributed by atoms with Gasteiger partial charge in [0.1, 0.15) is 0 Å². The van der Waals surface area contributed by atoms with Crippen LogP contribution in [-0.4, -0.2) is 22.5 Å². The van der Waals surface area contributed by atoms with E-state index in [4.69, 9.17) is 10.5 Å². The summed E-state index contributed by atoms with van der Waals surface area (Å²) in [6.45, 7) is 7.37. The third-order valence-electron chi connectivity index (χ3n) is 2.09. The zero-order valence-corrected chi connectivity index (χ0v) is 11.0. The highest BCUT2D eigenvalue weighted by Gasteiger charge is 2.16. The van der Waals surface area contributed by atoms with Gasteiger partial charge in [0.25, 0.3) is 0 Å². The van der Waals surface area contributed by atoms with Crippen molar-refractivity contribution in [1.82, 2.24) is 9.78 Å². The molecule has 4 nitrogen and oxygen atoms in total. The second-order valence-electron chi connectivity index (χ2n) is 3.68. The molecule has 15 heavy (non-hydrogen) atoms. The Morgan fingerprint density at radius 2 is 2.27 bits per heavy atom. The average molecular weight is 276 g/mol. The van der Waals surface area contributed by atoms with Crippen molar-refractivity contribution >= 4 is 15.9 Å². The van der Waals surface area contributed by atoms with Crippen LogP contribution >= 0.6 is 15.9 Å². The number of aryl methyl sites for hydroxylation is 1. The standard InChI is InChI=1S/C10H18BrN3O/c1-4-14-10(8(11)5-13-14)9(12)6-15-7(2)3/h5,7,9H,4,6,12H2,1-3H3. The summed E-state index contributed by atoms with van der Waals surface area (Å²) in [6, 6.07) is -0.135. The van der Waals surface area contributed by atoms with Gasteiger partial charge in [0.2, 0.25) is 0 Å². The molecular formula is C10H18BrN3O. The maximum absolute atomic E-state index is 6.05. The average Bonchev–Trinajstić information content (AvgIpc) is 2.56. The molecule has 0 radical (unpaired) electrons. The molecule has 5 heteroatoms. The molecule has 1 atom stereocenters. The summed E-state index contributed by atoms with van der Waals surface area (Å²) in [6.07, 6.45) is 1.97. The lowest BCUT2D eigenvalue weighted by Gasteiger charge is -2.16. The minimum absolute atomic E-state index is 0.135. The monoisotopic (exact) mass is 275 g/mol. The molecule has 0 aliphatic heterocycles. The van der Waals surface area contributed by atoms with E-state index >= 15 is 0 Å². The molecule has 1 heterocycles.